The molecule has 3 heteroatoms. The quantitative estimate of drug-likeness (QED) is 0.430. The normalized spacial score (nSPS) is 7.53. The van der Waals surface area contributed by atoms with Gasteiger partial charge in [0.05, 0.1) is 0 Å². The second-order valence-electron chi connectivity index (χ2n) is 2.19. The molecule has 0 atom stereocenters. The molecule has 0 nitrogen and oxygen atoms in total. The first-order valence-electron chi connectivity index (χ1n) is 4.21. The summed E-state index contributed by atoms with van der Waals surface area (Å²) in [5.41, 5.74) is 1.32. The van der Waals surface area contributed by atoms with Crippen LogP contribution in [0, 0.1) is 0 Å². The lowest BCUT2D eigenvalue weighted by Crippen LogP contribution is -1.42. The molecule has 0 radical (unpaired) electrons. The Bertz CT molecular complexity index is 161. The zero-order valence-electron chi connectivity index (χ0n) is 9.99. The van der Waals surface area contributed by atoms with E-state index in [1.807, 2.05) is 13.8 Å². The van der Waals surface area contributed by atoms with Crippen LogP contribution in [0.3, 0.4) is 0 Å². The molecule has 0 amide bonds. The summed E-state index contributed by atoms with van der Waals surface area (Å²) in [6.07, 6.45) is 3.50. The number of halogens is 3. The second kappa shape index (κ2) is 29.2. The van der Waals surface area contributed by atoms with Gasteiger partial charge in [0, 0.05) is 17.0 Å². The first-order valence-corrected chi connectivity index (χ1v) is 5.40. The highest BCUT2D eigenvalue weighted by atomic mass is 35.5. The van der Waals surface area contributed by atoms with Crippen molar-refractivity contribution in [3.63, 3.8) is 0 Å². The minimum Gasteiger partial charge on any atom is -0.103 e. The van der Waals surface area contributed by atoms with Crippen LogP contribution in [-0.2, 0) is 0 Å². The zero-order valence-corrected chi connectivity index (χ0v) is 12.3. The van der Waals surface area contributed by atoms with Crippen LogP contribution in [0.2, 0.25) is 0 Å². The summed E-state index contributed by atoms with van der Waals surface area (Å²) in [5.74, 6) is 0. The maximum Gasteiger partial charge on any atom is 0.0262 e. The molecule has 0 unspecified atom stereocenters. The lowest BCUT2D eigenvalue weighted by molar-refractivity contribution is 1.70. The molecule has 0 saturated carbocycles. The van der Waals surface area contributed by atoms with Gasteiger partial charge in [-0.15, -0.1) is 13.2 Å². The van der Waals surface area contributed by atoms with Crippen LogP contribution in [0.4, 0.5) is 0 Å². The number of hydrogen-bond acceptors (Lipinski definition) is 0. The second-order valence-corrected chi connectivity index (χ2v) is 3.65. The van der Waals surface area contributed by atoms with Gasteiger partial charge < -0.3 is 0 Å². The number of rotatable bonds is 0. The van der Waals surface area contributed by atoms with E-state index in [4.69, 9.17) is 34.8 Å². The van der Waals surface area contributed by atoms with Crippen molar-refractivity contribution in [1.82, 2.24) is 0 Å². The fraction of sp³-hybridized carbons (Fsp3) is 0.333. The van der Waals surface area contributed by atoms with Gasteiger partial charge in [-0.2, -0.15) is 0 Å². The van der Waals surface area contributed by atoms with Crippen molar-refractivity contribution in [3.8, 4) is 0 Å². The molecule has 0 saturated heterocycles. The molecule has 0 aliphatic carbocycles. The predicted octanol–water partition coefficient (Wildman–Crippen LogP) is 6.71. The predicted molar refractivity (Wildman–Crippen MR) is 80.0 cm³/mol. The van der Waals surface area contributed by atoms with E-state index in [-0.39, 0.29) is 1.43 Å². The van der Waals surface area contributed by atoms with Crippen LogP contribution in [0.5, 0.6) is 0 Å². The summed E-state index contributed by atoms with van der Waals surface area (Å²) in [6.45, 7) is 17.3. The average molecular weight is 274 g/mol. The van der Waals surface area contributed by atoms with Crippen molar-refractivity contribution >= 4 is 34.8 Å². The molecule has 0 N–H and O–H groups in total. The molecule has 0 aliphatic rings. The Morgan fingerprint density at radius 3 is 1.13 bits per heavy atom. The molecule has 0 spiro atoms. The average Bonchev–Trinajstić information content (AvgIpc) is 2.06. The van der Waals surface area contributed by atoms with Gasteiger partial charge in [-0.05, 0) is 27.7 Å². The third-order valence-electron chi connectivity index (χ3n) is 0.150. The molecule has 0 aromatic rings. The maximum absolute atomic E-state index is 5.19. The lowest BCUT2D eigenvalue weighted by atomic mass is 10.8. The first kappa shape index (κ1) is 24.2. The Morgan fingerprint density at radius 2 is 1.13 bits per heavy atom. The fourth-order valence-electron chi connectivity index (χ4n) is 0. The van der Waals surface area contributed by atoms with Gasteiger partial charge in [-0.25, -0.2) is 0 Å². The zero-order chi connectivity index (χ0) is 13.3. The minimum atomic E-state index is 0. The highest BCUT2D eigenvalue weighted by molar-refractivity contribution is 6.36. The molecule has 0 aliphatic heterocycles. The Kier molecular flexibility index (Phi) is 47.1. The highest BCUT2D eigenvalue weighted by Gasteiger charge is 1.66. The van der Waals surface area contributed by atoms with E-state index >= 15 is 0 Å². The molecule has 0 aromatic heterocycles. The molecule has 0 bridgehead atoms. The molecular weight excluding hydrogens is 250 g/mol. The summed E-state index contributed by atoms with van der Waals surface area (Å²) < 4.78 is 0. The van der Waals surface area contributed by atoms with E-state index in [0.717, 1.165) is 0 Å². The SMILES string of the molecule is C/C(Cl)=C\Cl.C=C(C)Cl.C=CC.C=CC.[HH]. The van der Waals surface area contributed by atoms with Crippen LogP contribution in [0.15, 0.2) is 47.5 Å². The summed E-state index contributed by atoms with van der Waals surface area (Å²) in [5, 5.41) is 1.26. The smallest absolute Gasteiger partial charge is 0.0262 e. The maximum atomic E-state index is 5.19. The molecule has 0 fully saturated rings. The van der Waals surface area contributed by atoms with Crippen molar-refractivity contribution < 1.29 is 1.43 Å². The standard InChI is InChI=1S/C3H4Cl2.C3H5Cl.2C3H6.H2/c1-3(5)2-4;1-3(2)4;2*1-3-2;/h2H,1H3;1H2,2H3;2*3H,1H2,2H3;1H/b3-2+;;;;. The van der Waals surface area contributed by atoms with Crippen LogP contribution >= 0.6 is 34.8 Å². The number of allylic oxidation sites excluding steroid dienone is 4. The van der Waals surface area contributed by atoms with E-state index in [9.17, 15) is 0 Å². The monoisotopic (exact) mass is 272 g/mol. The number of hydrogen-bond donors (Lipinski definition) is 0. The van der Waals surface area contributed by atoms with E-state index < -0.39 is 0 Å². The highest BCUT2D eigenvalue weighted by Crippen LogP contribution is 1.97. The van der Waals surface area contributed by atoms with Gasteiger partial charge in [0.1, 0.15) is 0 Å². The molecule has 0 aromatic carbocycles. The van der Waals surface area contributed by atoms with Gasteiger partial charge in [-0.3, -0.25) is 0 Å². The third-order valence-corrected chi connectivity index (χ3v) is 0.698. The van der Waals surface area contributed by atoms with Crippen molar-refractivity contribution in [2.75, 3.05) is 0 Å². The van der Waals surface area contributed by atoms with Gasteiger partial charge in [0.25, 0.3) is 0 Å². The molecule has 0 heterocycles. The summed E-state index contributed by atoms with van der Waals surface area (Å²) in [4.78, 5) is 0. The first-order chi connectivity index (χ1) is 6.83. The summed E-state index contributed by atoms with van der Waals surface area (Å²) in [7, 11) is 0. The fourth-order valence-corrected chi connectivity index (χ4v) is 0. The Hall–Kier alpha value is -0.170. The summed E-state index contributed by atoms with van der Waals surface area (Å²) in [6, 6.07) is 0. The topological polar surface area (TPSA) is 0 Å². The Balaban J connectivity index is -0.0000000338. The summed E-state index contributed by atoms with van der Waals surface area (Å²) >= 11 is 15.3. The van der Waals surface area contributed by atoms with Crippen LogP contribution in [0.1, 0.15) is 29.1 Å². The van der Waals surface area contributed by atoms with Crippen molar-refractivity contribution in [1.29, 1.82) is 0 Å². The van der Waals surface area contributed by atoms with Crippen LogP contribution < -0.4 is 0 Å². The van der Waals surface area contributed by atoms with Crippen molar-refractivity contribution in [2.45, 2.75) is 27.7 Å². The van der Waals surface area contributed by atoms with Crippen molar-refractivity contribution in [2.24, 2.45) is 0 Å². The van der Waals surface area contributed by atoms with E-state index in [1.165, 1.54) is 5.54 Å². The van der Waals surface area contributed by atoms with Crippen molar-refractivity contribution in [3.05, 3.63) is 47.5 Å². The van der Waals surface area contributed by atoms with Gasteiger partial charge in [-0.1, -0.05) is 53.5 Å². The molecule has 15 heavy (non-hydrogen) atoms. The van der Waals surface area contributed by atoms with E-state index in [2.05, 4.69) is 19.7 Å². The van der Waals surface area contributed by atoms with Gasteiger partial charge >= 0.3 is 0 Å². The Labute approximate surface area is 111 Å². The van der Waals surface area contributed by atoms with Gasteiger partial charge in [0.15, 0.2) is 0 Å². The minimum absolute atomic E-state index is 0. The van der Waals surface area contributed by atoms with Crippen LogP contribution in [0.25, 0.3) is 0 Å². The lowest BCUT2D eigenvalue weighted by Gasteiger charge is -1.68. The molecule has 92 valence electrons. The van der Waals surface area contributed by atoms with E-state index in [1.54, 1.807) is 26.0 Å². The molecular formula is C12H23Cl3. The third kappa shape index (κ3) is 578. The molecule has 0 rings (SSSR count). The van der Waals surface area contributed by atoms with E-state index in [0.29, 0.717) is 10.1 Å². The largest absolute Gasteiger partial charge is 0.103 e. The van der Waals surface area contributed by atoms with Gasteiger partial charge in [0.2, 0.25) is 0 Å². The van der Waals surface area contributed by atoms with Crippen LogP contribution in [-0.4, -0.2) is 0 Å². The Morgan fingerprint density at radius 1 is 1.07 bits per heavy atom.